The van der Waals surface area contributed by atoms with Crippen LogP contribution in [0.5, 0.6) is 0 Å². The van der Waals surface area contributed by atoms with Crippen LogP contribution in [0.1, 0.15) is 24.0 Å². The number of carbonyl (C=O) groups is 2. The van der Waals surface area contributed by atoms with Crippen LogP contribution in [0, 0.1) is 6.92 Å². The molecule has 0 unspecified atom stereocenters. The molecule has 134 valence electrons. The predicted octanol–water partition coefficient (Wildman–Crippen LogP) is 3.64. The van der Waals surface area contributed by atoms with E-state index in [1.54, 1.807) is 31.3 Å². The summed E-state index contributed by atoms with van der Waals surface area (Å²) in [5.74, 6) is -0.353. The average molecular weight is 370 g/mol. The number of carbonyl (C=O) groups excluding carboxylic acids is 2. The topological polar surface area (TPSA) is 53.0 Å². The van der Waals surface area contributed by atoms with E-state index in [0.29, 0.717) is 23.6 Å². The molecule has 1 aliphatic heterocycles. The molecule has 26 heavy (non-hydrogen) atoms. The maximum atomic E-state index is 12.6. The Balaban J connectivity index is 1.75. The predicted molar refractivity (Wildman–Crippen MR) is 104 cm³/mol. The van der Waals surface area contributed by atoms with Crippen molar-refractivity contribution in [2.75, 3.05) is 18.5 Å². The number of likely N-dealkylation sites (N-methyl/N-ethyl adjacent to an activating group) is 1. The Morgan fingerprint density at radius 2 is 1.77 bits per heavy atom. The summed E-state index contributed by atoms with van der Waals surface area (Å²) < 4.78 is 0. The van der Waals surface area contributed by atoms with Crippen molar-refractivity contribution in [1.82, 2.24) is 5.01 Å². The van der Waals surface area contributed by atoms with Crippen molar-refractivity contribution in [1.29, 1.82) is 0 Å². The highest BCUT2D eigenvalue weighted by Crippen LogP contribution is 2.19. The number of hydrogen-bond donors (Lipinski definition) is 0. The molecule has 0 aliphatic carbocycles. The fourth-order valence-corrected chi connectivity index (χ4v) is 2.85. The van der Waals surface area contributed by atoms with Crippen molar-refractivity contribution in [2.24, 2.45) is 5.10 Å². The van der Waals surface area contributed by atoms with E-state index in [0.717, 1.165) is 16.8 Å². The Morgan fingerprint density at radius 1 is 1.12 bits per heavy atom. The lowest BCUT2D eigenvalue weighted by atomic mass is 10.0. The minimum Gasteiger partial charge on any atom is -0.314 e. The molecule has 1 aliphatic rings. The van der Waals surface area contributed by atoms with E-state index in [-0.39, 0.29) is 18.4 Å². The lowest BCUT2D eigenvalue weighted by Gasteiger charge is -2.25. The second-order valence-electron chi connectivity index (χ2n) is 6.29. The summed E-state index contributed by atoms with van der Waals surface area (Å²) in [5, 5.41) is 6.30. The van der Waals surface area contributed by atoms with E-state index in [2.05, 4.69) is 5.10 Å². The standard InChI is InChI=1S/C20H20ClN3O2/c1-14-3-5-15(6-4-14)18-11-12-19(25)24(22-18)13-20(26)23(2)17-9-7-16(21)8-10-17/h3-10H,11-13H2,1-2H3. The van der Waals surface area contributed by atoms with Crippen molar-refractivity contribution in [3.8, 4) is 0 Å². The first-order valence-electron chi connectivity index (χ1n) is 8.41. The number of anilines is 1. The maximum absolute atomic E-state index is 12.6. The highest BCUT2D eigenvalue weighted by atomic mass is 35.5. The van der Waals surface area contributed by atoms with Crippen LogP contribution in [0.3, 0.4) is 0 Å². The number of halogens is 1. The van der Waals surface area contributed by atoms with E-state index in [1.807, 2.05) is 31.2 Å². The smallest absolute Gasteiger partial charge is 0.248 e. The van der Waals surface area contributed by atoms with Gasteiger partial charge in [-0.05, 0) is 36.8 Å². The third kappa shape index (κ3) is 4.11. The highest BCUT2D eigenvalue weighted by Gasteiger charge is 2.25. The summed E-state index contributed by atoms with van der Waals surface area (Å²) in [5.41, 5.74) is 3.68. The zero-order valence-corrected chi connectivity index (χ0v) is 15.5. The van der Waals surface area contributed by atoms with Gasteiger partial charge in [0, 0.05) is 30.6 Å². The Kier molecular flexibility index (Phi) is 5.38. The van der Waals surface area contributed by atoms with Gasteiger partial charge in [-0.1, -0.05) is 41.4 Å². The molecule has 1 heterocycles. The number of aryl methyl sites for hydroxylation is 1. The molecule has 3 rings (SSSR count). The number of benzene rings is 2. The summed E-state index contributed by atoms with van der Waals surface area (Å²) in [6.45, 7) is 1.93. The highest BCUT2D eigenvalue weighted by molar-refractivity contribution is 6.30. The first-order valence-corrected chi connectivity index (χ1v) is 8.79. The van der Waals surface area contributed by atoms with Gasteiger partial charge in [-0.15, -0.1) is 0 Å². The van der Waals surface area contributed by atoms with Gasteiger partial charge >= 0.3 is 0 Å². The number of hydrogen-bond acceptors (Lipinski definition) is 3. The van der Waals surface area contributed by atoms with Gasteiger partial charge in [0.25, 0.3) is 0 Å². The summed E-state index contributed by atoms with van der Waals surface area (Å²) in [4.78, 5) is 26.3. The van der Waals surface area contributed by atoms with Crippen LogP contribution in [0.4, 0.5) is 5.69 Å². The van der Waals surface area contributed by atoms with E-state index in [9.17, 15) is 9.59 Å². The maximum Gasteiger partial charge on any atom is 0.248 e. The molecule has 6 heteroatoms. The Bertz CT molecular complexity index is 844. The fraction of sp³-hybridized carbons (Fsp3) is 0.250. The summed E-state index contributed by atoms with van der Waals surface area (Å²) in [6.07, 6.45) is 0.935. The van der Waals surface area contributed by atoms with Crippen molar-refractivity contribution >= 4 is 34.8 Å². The number of amides is 2. The van der Waals surface area contributed by atoms with Crippen LogP contribution < -0.4 is 4.90 Å². The molecule has 0 N–H and O–H groups in total. The van der Waals surface area contributed by atoms with Crippen LogP contribution in [0.15, 0.2) is 53.6 Å². The molecule has 0 atom stereocenters. The van der Waals surface area contributed by atoms with E-state index in [1.165, 1.54) is 9.91 Å². The van der Waals surface area contributed by atoms with Gasteiger partial charge < -0.3 is 4.90 Å². The fourth-order valence-electron chi connectivity index (χ4n) is 2.72. The number of nitrogens with zero attached hydrogens (tertiary/aromatic N) is 3. The molecule has 0 radical (unpaired) electrons. The molecular formula is C20H20ClN3O2. The molecule has 2 amide bonds. The van der Waals surface area contributed by atoms with Crippen molar-refractivity contribution in [2.45, 2.75) is 19.8 Å². The molecule has 5 nitrogen and oxygen atoms in total. The van der Waals surface area contributed by atoms with Gasteiger partial charge in [0.1, 0.15) is 6.54 Å². The summed E-state index contributed by atoms with van der Waals surface area (Å²) in [7, 11) is 1.67. The normalized spacial score (nSPS) is 14.2. The van der Waals surface area contributed by atoms with Gasteiger partial charge in [-0.2, -0.15) is 5.10 Å². The Hall–Kier alpha value is -2.66. The molecule has 0 bridgehead atoms. The minimum atomic E-state index is -0.213. The Labute approximate surface area is 157 Å². The zero-order chi connectivity index (χ0) is 18.7. The number of rotatable bonds is 4. The first-order chi connectivity index (χ1) is 12.4. The zero-order valence-electron chi connectivity index (χ0n) is 14.8. The monoisotopic (exact) mass is 369 g/mol. The molecule has 0 spiro atoms. The lowest BCUT2D eigenvalue weighted by molar-refractivity contribution is -0.135. The molecule has 2 aromatic carbocycles. The first kappa shape index (κ1) is 18.1. The summed E-state index contributed by atoms with van der Waals surface area (Å²) >= 11 is 5.88. The quantitative estimate of drug-likeness (QED) is 0.826. The average Bonchev–Trinajstić information content (AvgIpc) is 2.64. The number of hydrazone groups is 1. The van der Waals surface area contributed by atoms with Gasteiger partial charge in [0.05, 0.1) is 5.71 Å². The van der Waals surface area contributed by atoms with Gasteiger partial charge in [0.15, 0.2) is 0 Å². The van der Waals surface area contributed by atoms with Crippen LogP contribution in [0.2, 0.25) is 5.02 Å². The van der Waals surface area contributed by atoms with Gasteiger partial charge in [-0.25, -0.2) is 5.01 Å². The second-order valence-corrected chi connectivity index (χ2v) is 6.73. The SMILES string of the molecule is Cc1ccc(C2=NN(CC(=O)N(C)c3ccc(Cl)cc3)C(=O)CC2)cc1. The largest absolute Gasteiger partial charge is 0.314 e. The van der Waals surface area contributed by atoms with E-state index < -0.39 is 0 Å². The molecule has 2 aromatic rings. The van der Waals surface area contributed by atoms with Crippen LogP contribution in [0.25, 0.3) is 0 Å². The van der Waals surface area contributed by atoms with E-state index in [4.69, 9.17) is 11.6 Å². The summed E-state index contributed by atoms with van der Waals surface area (Å²) in [6, 6.07) is 15.0. The van der Waals surface area contributed by atoms with E-state index >= 15 is 0 Å². The molecule has 0 saturated carbocycles. The van der Waals surface area contributed by atoms with Crippen LogP contribution in [-0.4, -0.2) is 36.1 Å². The second kappa shape index (κ2) is 7.70. The van der Waals surface area contributed by atoms with Crippen molar-refractivity contribution < 1.29 is 9.59 Å². The molecule has 0 fully saturated rings. The van der Waals surface area contributed by atoms with Gasteiger partial charge in [-0.3, -0.25) is 9.59 Å². The lowest BCUT2D eigenvalue weighted by Crippen LogP contribution is -2.41. The minimum absolute atomic E-state index is 0.0900. The third-order valence-corrected chi connectivity index (χ3v) is 4.61. The van der Waals surface area contributed by atoms with Crippen LogP contribution in [-0.2, 0) is 9.59 Å². The molecular weight excluding hydrogens is 350 g/mol. The van der Waals surface area contributed by atoms with Gasteiger partial charge in [0.2, 0.25) is 11.8 Å². The molecule has 0 saturated heterocycles. The Morgan fingerprint density at radius 3 is 2.42 bits per heavy atom. The van der Waals surface area contributed by atoms with Crippen molar-refractivity contribution in [3.05, 3.63) is 64.7 Å². The van der Waals surface area contributed by atoms with Crippen molar-refractivity contribution in [3.63, 3.8) is 0 Å². The van der Waals surface area contributed by atoms with Crippen LogP contribution >= 0.6 is 11.6 Å². The third-order valence-electron chi connectivity index (χ3n) is 4.36. The molecule has 0 aromatic heterocycles.